The van der Waals surface area contributed by atoms with Crippen LogP contribution < -0.4 is 10.9 Å². The van der Waals surface area contributed by atoms with Crippen LogP contribution in [-0.2, 0) is 4.79 Å². The third-order valence-corrected chi connectivity index (χ3v) is 5.01. The zero-order valence-electron chi connectivity index (χ0n) is 14.5. The summed E-state index contributed by atoms with van der Waals surface area (Å²) in [5.41, 5.74) is 4.11. The number of benzene rings is 1. The number of H-pyrrole nitrogens is 1. The number of fused-ring (bicyclic) bond motifs is 1. The number of nitrogens with zero attached hydrogens (tertiary/aromatic N) is 3. The monoisotopic (exact) mass is 357 g/mol. The molecule has 1 amide bonds. The van der Waals surface area contributed by atoms with Crippen LogP contribution in [0.5, 0.6) is 0 Å². The van der Waals surface area contributed by atoms with Crippen molar-refractivity contribution in [3.63, 3.8) is 0 Å². The molecule has 3 aromatic rings. The summed E-state index contributed by atoms with van der Waals surface area (Å²) in [7, 11) is 0. The van der Waals surface area contributed by atoms with E-state index in [2.05, 4.69) is 20.5 Å². The molecule has 2 aromatic heterocycles. The van der Waals surface area contributed by atoms with Gasteiger partial charge in [-0.05, 0) is 44.9 Å². The Kier molecular flexibility index (Phi) is 4.63. The van der Waals surface area contributed by atoms with E-state index in [0.717, 1.165) is 22.5 Å². The number of rotatable bonds is 4. The van der Waals surface area contributed by atoms with Crippen molar-refractivity contribution >= 4 is 29.1 Å². The lowest BCUT2D eigenvalue weighted by molar-refractivity contribution is -0.113. The first-order valence-electron chi connectivity index (χ1n) is 7.81. The fourth-order valence-electron chi connectivity index (χ4n) is 2.46. The van der Waals surface area contributed by atoms with Crippen LogP contribution in [0.1, 0.15) is 22.4 Å². The van der Waals surface area contributed by atoms with E-state index < -0.39 is 0 Å². The maximum absolute atomic E-state index is 12.3. The predicted octanol–water partition coefficient (Wildman–Crippen LogP) is 2.38. The van der Waals surface area contributed by atoms with Gasteiger partial charge in [-0.1, -0.05) is 23.9 Å². The summed E-state index contributed by atoms with van der Waals surface area (Å²) < 4.78 is 1.76. The van der Waals surface area contributed by atoms with Gasteiger partial charge in [-0.3, -0.25) is 19.0 Å². The van der Waals surface area contributed by atoms with Gasteiger partial charge in [-0.2, -0.15) is 0 Å². The van der Waals surface area contributed by atoms with Crippen LogP contribution in [0.15, 0.2) is 28.2 Å². The number of aromatic nitrogens is 4. The fourth-order valence-corrected chi connectivity index (χ4v) is 3.24. The van der Waals surface area contributed by atoms with Crippen LogP contribution in [0.4, 0.5) is 5.69 Å². The van der Waals surface area contributed by atoms with Crippen molar-refractivity contribution < 1.29 is 4.79 Å². The highest BCUT2D eigenvalue weighted by Crippen LogP contribution is 2.20. The molecule has 0 spiro atoms. The van der Waals surface area contributed by atoms with Crippen molar-refractivity contribution in [2.45, 2.75) is 32.9 Å². The smallest absolute Gasteiger partial charge is 0.255 e. The maximum Gasteiger partial charge on any atom is 0.255 e. The third kappa shape index (κ3) is 3.43. The highest BCUT2D eigenvalue weighted by Gasteiger charge is 2.14. The minimum Gasteiger partial charge on any atom is -0.325 e. The molecule has 0 saturated carbocycles. The summed E-state index contributed by atoms with van der Waals surface area (Å²) in [5, 5.41) is 11.5. The lowest BCUT2D eigenvalue weighted by Gasteiger charge is -2.09. The minimum atomic E-state index is -0.179. The predicted molar refractivity (Wildman–Crippen MR) is 98.4 cm³/mol. The molecule has 0 aliphatic rings. The minimum absolute atomic E-state index is 0.116. The third-order valence-electron chi connectivity index (χ3n) is 4.08. The summed E-state index contributed by atoms with van der Waals surface area (Å²) in [4.78, 5) is 26.7. The summed E-state index contributed by atoms with van der Waals surface area (Å²) >= 11 is 1.28. The van der Waals surface area contributed by atoms with E-state index in [1.807, 2.05) is 39.0 Å². The van der Waals surface area contributed by atoms with Crippen molar-refractivity contribution in [1.29, 1.82) is 0 Å². The molecule has 2 heterocycles. The van der Waals surface area contributed by atoms with Gasteiger partial charge < -0.3 is 5.32 Å². The summed E-state index contributed by atoms with van der Waals surface area (Å²) in [6, 6.07) is 5.93. The van der Waals surface area contributed by atoms with E-state index in [9.17, 15) is 9.59 Å². The van der Waals surface area contributed by atoms with Gasteiger partial charge in [0.25, 0.3) is 5.56 Å². The van der Waals surface area contributed by atoms with Gasteiger partial charge in [0, 0.05) is 16.9 Å². The molecule has 0 unspecified atom stereocenters. The van der Waals surface area contributed by atoms with E-state index >= 15 is 0 Å². The van der Waals surface area contributed by atoms with Crippen molar-refractivity contribution in [3.05, 3.63) is 50.9 Å². The van der Waals surface area contributed by atoms with E-state index in [4.69, 9.17) is 0 Å². The zero-order chi connectivity index (χ0) is 18.1. The lowest BCUT2D eigenvalue weighted by atomic mass is 10.1. The van der Waals surface area contributed by atoms with E-state index in [0.29, 0.717) is 16.5 Å². The number of nitrogens with one attached hydrogen (secondary N) is 2. The van der Waals surface area contributed by atoms with Crippen molar-refractivity contribution in [2.75, 3.05) is 11.1 Å². The number of anilines is 1. The van der Waals surface area contributed by atoms with Gasteiger partial charge in [0.1, 0.15) is 0 Å². The standard InChI is InChI=1S/C17H19N5O2S/c1-9-5-6-10(2)13(7-9)18-14(23)8-25-17-21-20-16-19-15(24)11(3)12(4)22(16)17/h5-7H,8H2,1-4H3,(H,18,23)(H,19,20,24). The Balaban J connectivity index is 1.77. The molecule has 0 aliphatic heterocycles. The molecule has 0 saturated heterocycles. The van der Waals surface area contributed by atoms with Crippen LogP contribution in [0.25, 0.3) is 5.78 Å². The number of hydrogen-bond acceptors (Lipinski definition) is 5. The molecule has 130 valence electrons. The first kappa shape index (κ1) is 17.2. The van der Waals surface area contributed by atoms with Crippen LogP contribution in [0.3, 0.4) is 0 Å². The van der Waals surface area contributed by atoms with Crippen LogP contribution >= 0.6 is 11.8 Å². The number of aryl methyl sites for hydroxylation is 3. The molecule has 0 radical (unpaired) electrons. The summed E-state index contributed by atoms with van der Waals surface area (Å²) in [5.74, 6) is 0.464. The van der Waals surface area contributed by atoms with Gasteiger partial charge in [-0.25, -0.2) is 0 Å². The topological polar surface area (TPSA) is 92.2 Å². The number of carbonyl (C=O) groups excluding carboxylic acids is 1. The fraction of sp³-hybridized carbons (Fsp3) is 0.294. The van der Waals surface area contributed by atoms with Crippen LogP contribution in [-0.4, -0.2) is 31.2 Å². The molecule has 2 N–H and O–H groups in total. The Bertz CT molecular complexity index is 1020. The first-order chi connectivity index (χ1) is 11.9. The normalized spacial score (nSPS) is 11.0. The second-order valence-electron chi connectivity index (χ2n) is 5.96. The molecule has 0 atom stereocenters. The molecular formula is C17H19N5O2S. The van der Waals surface area contributed by atoms with E-state index in [1.165, 1.54) is 11.8 Å². The lowest BCUT2D eigenvalue weighted by Crippen LogP contribution is -2.17. The van der Waals surface area contributed by atoms with Gasteiger partial charge in [-0.15, -0.1) is 10.2 Å². The molecular weight excluding hydrogens is 338 g/mol. The van der Waals surface area contributed by atoms with E-state index in [1.54, 1.807) is 11.3 Å². The molecule has 7 nitrogen and oxygen atoms in total. The molecule has 8 heteroatoms. The van der Waals surface area contributed by atoms with Crippen molar-refractivity contribution in [3.8, 4) is 0 Å². The van der Waals surface area contributed by atoms with Gasteiger partial charge >= 0.3 is 0 Å². The molecule has 0 aliphatic carbocycles. The number of thioether (sulfide) groups is 1. The highest BCUT2D eigenvalue weighted by atomic mass is 32.2. The number of amides is 1. The maximum atomic E-state index is 12.3. The second-order valence-corrected chi connectivity index (χ2v) is 6.90. The Hall–Kier alpha value is -2.61. The highest BCUT2D eigenvalue weighted by molar-refractivity contribution is 7.99. The number of hydrogen-bond donors (Lipinski definition) is 2. The molecule has 3 rings (SSSR count). The average Bonchev–Trinajstić information content (AvgIpc) is 2.97. The van der Waals surface area contributed by atoms with E-state index in [-0.39, 0.29) is 17.2 Å². The molecule has 1 aromatic carbocycles. The van der Waals surface area contributed by atoms with Crippen molar-refractivity contribution in [2.24, 2.45) is 0 Å². The van der Waals surface area contributed by atoms with Gasteiger partial charge in [0.05, 0.1) is 5.75 Å². The Morgan fingerprint density at radius 3 is 2.76 bits per heavy atom. The molecule has 0 bridgehead atoms. The second kappa shape index (κ2) is 6.72. The SMILES string of the molecule is Cc1ccc(C)c(NC(=O)CSc2nnc3[nH]c(=O)c(C)c(C)n23)c1. The largest absolute Gasteiger partial charge is 0.325 e. The first-order valence-corrected chi connectivity index (χ1v) is 8.80. The van der Waals surface area contributed by atoms with Gasteiger partial charge in [0.2, 0.25) is 11.7 Å². The quantitative estimate of drug-likeness (QED) is 0.700. The average molecular weight is 357 g/mol. The zero-order valence-corrected chi connectivity index (χ0v) is 15.3. The van der Waals surface area contributed by atoms with Gasteiger partial charge in [0.15, 0.2) is 5.16 Å². The molecule has 0 fully saturated rings. The molecule has 25 heavy (non-hydrogen) atoms. The van der Waals surface area contributed by atoms with Crippen LogP contribution in [0.2, 0.25) is 0 Å². The summed E-state index contributed by atoms with van der Waals surface area (Å²) in [6.45, 7) is 7.52. The number of aromatic amines is 1. The Morgan fingerprint density at radius 2 is 2.00 bits per heavy atom. The summed E-state index contributed by atoms with van der Waals surface area (Å²) in [6.07, 6.45) is 0. The van der Waals surface area contributed by atoms with Crippen molar-refractivity contribution in [1.82, 2.24) is 19.6 Å². The van der Waals surface area contributed by atoms with Crippen LogP contribution in [0, 0.1) is 27.7 Å². The Labute approximate surface area is 148 Å². The Morgan fingerprint density at radius 1 is 1.24 bits per heavy atom. The number of carbonyl (C=O) groups is 1.